The van der Waals surface area contributed by atoms with Crippen LogP contribution < -0.4 is 4.57 Å². The Morgan fingerprint density at radius 3 is 2.31 bits per heavy atom. The first-order chi connectivity index (χ1) is 7.38. The molecule has 0 unspecified atom stereocenters. The molecule has 0 saturated carbocycles. The fourth-order valence-corrected chi connectivity index (χ4v) is 1.30. The highest BCUT2D eigenvalue weighted by molar-refractivity contribution is 7.84. The van der Waals surface area contributed by atoms with E-state index in [0.29, 0.717) is 6.26 Å². The van der Waals surface area contributed by atoms with E-state index in [1.807, 2.05) is 0 Å². The summed E-state index contributed by atoms with van der Waals surface area (Å²) in [6, 6.07) is 6.40. The van der Waals surface area contributed by atoms with Crippen molar-refractivity contribution >= 4 is 10.1 Å². The number of pyridine rings is 1. The Balaban J connectivity index is 0.000000385. The van der Waals surface area contributed by atoms with Gasteiger partial charge >= 0.3 is 0 Å². The maximum Gasteiger partial charge on any atom is 0.181 e. The average Bonchev–Trinajstić information content (AvgIpc) is 2.16. The van der Waals surface area contributed by atoms with E-state index in [1.54, 1.807) is 0 Å². The zero-order valence-corrected chi connectivity index (χ0v) is 10.8. The molecule has 1 rings (SSSR count). The van der Waals surface area contributed by atoms with Crippen LogP contribution in [0.5, 0.6) is 0 Å². The zero-order valence-electron chi connectivity index (χ0n) is 10.0. The molecule has 0 radical (unpaired) electrons. The highest BCUT2D eigenvalue weighted by Gasteiger charge is 2.03. The molecule has 0 fully saturated rings. The lowest BCUT2D eigenvalue weighted by Gasteiger charge is -1.98. The lowest BCUT2D eigenvalue weighted by atomic mass is 10.2. The summed E-state index contributed by atoms with van der Waals surface area (Å²) in [6.07, 6.45) is 5.16. The first-order valence-corrected chi connectivity index (χ1v) is 7.08. The minimum absolute atomic E-state index is 0.604. The molecule has 92 valence electrons. The van der Waals surface area contributed by atoms with Gasteiger partial charge in [0.1, 0.15) is 6.54 Å². The lowest BCUT2D eigenvalue weighted by molar-refractivity contribution is -0.700. The van der Waals surface area contributed by atoms with E-state index in [9.17, 15) is 0 Å². The highest BCUT2D eigenvalue weighted by atomic mass is 32.2. The maximum atomic E-state index is 9.08. The Labute approximate surface area is 97.7 Å². The molecule has 5 heteroatoms. The first-order valence-electron chi connectivity index (χ1n) is 5.26. The van der Waals surface area contributed by atoms with Crippen molar-refractivity contribution < 1.29 is 17.5 Å². The van der Waals surface area contributed by atoms with Crippen LogP contribution in [0, 0.1) is 0 Å². The van der Waals surface area contributed by atoms with Gasteiger partial charge in [-0.25, -0.2) is 13.0 Å². The molecule has 0 bridgehead atoms. The summed E-state index contributed by atoms with van der Waals surface area (Å²) < 4.78 is 29.5. The fraction of sp³-hybridized carbons (Fsp3) is 0.545. The Morgan fingerprint density at radius 1 is 1.31 bits per heavy atom. The Bertz CT molecular complexity index is 393. The molecule has 0 spiro atoms. The number of rotatable bonds is 3. The molecule has 0 aliphatic heterocycles. The van der Waals surface area contributed by atoms with Gasteiger partial charge in [0.05, 0.1) is 10.1 Å². The first kappa shape index (κ1) is 15.1. The molecule has 1 aromatic rings. The molecule has 1 aromatic heterocycles. The van der Waals surface area contributed by atoms with Crippen LogP contribution in [-0.2, 0) is 23.1 Å². The van der Waals surface area contributed by atoms with Crippen molar-refractivity contribution in [2.45, 2.75) is 33.2 Å². The van der Waals surface area contributed by atoms with E-state index in [4.69, 9.17) is 13.0 Å². The van der Waals surface area contributed by atoms with Gasteiger partial charge in [-0.05, 0) is 13.3 Å². The molecule has 0 atom stereocenters. The second kappa shape index (κ2) is 7.35. The second-order valence-electron chi connectivity index (χ2n) is 3.43. The topological polar surface area (TPSA) is 61.1 Å². The van der Waals surface area contributed by atoms with Gasteiger partial charge in [0.25, 0.3) is 0 Å². The molecular weight excluding hydrogens is 226 g/mol. The summed E-state index contributed by atoms with van der Waals surface area (Å²) >= 11 is 0. The molecule has 1 heterocycles. The van der Waals surface area contributed by atoms with Gasteiger partial charge in [0, 0.05) is 24.8 Å². The van der Waals surface area contributed by atoms with Crippen molar-refractivity contribution in [1.82, 2.24) is 0 Å². The number of aromatic nitrogens is 1. The van der Waals surface area contributed by atoms with E-state index < -0.39 is 10.1 Å². The van der Waals surface area contributed by atoms with Crippen LogP contribution in [0.2, 0.25) is 0 Å². The molecule has 0 aromatic carbocycles. The fourth-order valence-electron chi connectivity index (χ4n) is 1.30. The number of aryl methyl sites for hydroxylation is 2. The van der Waals surface area contributed by atoms with Gasteiger partial charge in [-0.3, -0.25) is 0 Å². The predicted octanol–water partition coefficient (Wildman–Crippen LogP) is 1.11. The van der Waals surface area contributed by atoms with Crippen molar-refractivity contribution in [3.8, 4) is 0 Å². The van der Waals surface area contributed by atoms with Crippen molar-refractivity contribution in [3.05, 3.63) is 30.1 Å². The van der Waals surface area contributed by atoms with Crippen molar-refractivity contribution in [2.75, 3.05) is 6.26 Å². The van der Waals surface area contributed by atoms with Gasteiger partial charge in [0.15, 0.2) is 11.9 Å². The summed E-state index contributed by atoms with van der Waals surface area (Å²) in [6.45, 7) is 5.47. The minimum Gasteiger partial charge on any atom is -0.748 e. The summed E-state index contributed by atoms with van der Waals surface area (Å²) in [5, 5.41) is 0. The highest BCUT2D eigenvalue weighted by Crippen LogP contribution is 1.95. The van der Waals surface area contributed by atoms with Crippen molar-refractivity contribution in [1.29, 1.82) is 0 Å². The van der Waals surface area contributed by atoms with Crippen LogP contribution in [0.3, 0.4) is 0 Å². The van der Waals surface area contributed by atoms with E-state index in [0.717, 1.165) is 6.54 Å². The third kappa shape index (κ3) is 8.38. The lowest BCUT2D eigenvalue weighted by Crippen LogP contribution is -2.36. The van der Waals surface area contributed by atoms with Gasteiger partial charge in [-0.1, -0.05) is 13.0 Å². The number of nitrogens with zero attached hydrogens (tertiary/aromatic N) is 1. The number of hydrogen-bond acceptors (Lipinski definition) is 3. The second-order valence-corrected chi connectivity index (χ2v) is 4.84. The average molecular weight is 245 g/mol. The van der Waals surface area contributed by atoms with Crippen LogP contribution in [0.4, 0.5) is 0 Å². The normalized spacial score (nSPS) is 10.5. The van der Waals surface area contributed by atoms with E-state index >= 15 is 0 Å². The molecule has 0 N–H and O–H groups in total. The van der Waals surface area contributed by atoms with Gasteiger partial charge in [0.2, 0.25) is 0 Å². The summed E-state index contributed by atoms with van der Waals surface area (Å²) in [5.41, 5.74) is 1.44. The van der Waals surface area contributed by atoms with Gasteiger partial charge in [-0.15, -0.1) is 0 Å². The van der Waals surface area contributed by atoms with Crippen LogP contribution in [0.15, 0.2) is 24.4 Å². The molecule has 0 amide bonds. The monoisotopic (exact) mass is 245 g/mol. The van der Waals surface area contributed by atoms with Crippen LogP contribution in [-0.4, -0.2) is 19.2 Å². The smallest absolute Gasteiger partial charge is 0.181 e. The van der Waals surface area contributed by atoms with E-state index in [-0.39, 0.29) is 0 Å². The molecule has 0 aliphatic carbocycles. The molecular formula is C11H19NO3S. The molecule has 16 heavy (non-hydrogen) atoms. The Kier molecular flexibility index (Phi) is 6.92. The Morgan fingerprint density at radius 2 is 1.88 bits per heavy atom. The Hall–Kier alpha value is -0.940. The third-order valence-electron chi connectivity index (χ3n) is 1.88. The summed E-state index contributed by atoms with van der Waals surface area (Å²) in [5.74, 6) is 0. The van der Waals surface area contributed by atoms with E-state index in [2.05, 4.69) is 42.8 Å². The summed E-state index contributed by atoms with van der Waals surface area (Å²) in [7, 11) is -3.92. The predicted molar refractivity (Wildman–Crippen MR) is 61.9 cm³/mol. The van der Waals surface area contributed by atoms with Crippen molar-refractivity contribution in [2.24, 2.45) is 0 Å². The standard InChI is InChI=1S/C10H16N.CH4O3S/c1-3-7-10-8-5-6-9-11(10)4-2;1-5(2,3)4/h5-6,8-9H,3-4,7H2,1-2H3;1H3,(H,2,3,4)/q+1;/p-1. The molecule has 0 aliphatic rings. The number of hydrogen-bond donors (Lipinski definition) is 0. The van der Waals surface area contributed by atoms with Crippen LogP contribution >= 0.6 is 0 Å². The van der Waals surface area contributed by atoms with Crippen molar-refractivity contribution in [3.63, 3.8) is 0 Å². The third-order valence-corrected chi connectivity index (χ3v) is 1.88. The van der Waals surface area contributed by atoms with E-state index in [1.165, 1.54) is 18.5 Å². The van der Waals surface area contributed by atoms with Gasteiger partial charge < -0.3 is 4.55 Å². The quantitative estimate of drug-likeness (QED) is 0.592. The largest absolute Gasteiger partial charge is 0.748 e. The minimum atomic E-state index is -3.92. The summed E-state index contributed by atoms with van der Waals surface area (Å²) in [4.78, 5) is 0. The van der Waals surface area contributed by atoms with Gasteiger partial charge in [-0.2, -0.15) is 0 Å². The SMILES string of the molecule is CCCc1cccc[n+]1CC.CS(=O)(=O)[O-]. The zero-order chi connectivity index (χ0) is 12.6. The molecule has 0 saturated heterocycles. The molecule has 4 nitrogen and oxygen atoms in total. The van der Waals surface area contributed by atoms with Crippen LogP contribution in [0.25, 0.3) is 0 Å². The maximum absolute atomic E-state index is 9.08. The van der Waals surface area contributed by atoms with Crippen LogP contribution in [0.1, 0.15) is 26.0 Å².